The number of ether oxygens (including phenoxy) is 1. The molecule has 498 valence electrons. The van der Waals surface area contributed by atoms with Crippen LogP contribution in [0.2, 0.25) is 0 Å². The molecule has 2 aliphatic heterocycles. The van der Waals surface area contributed by atoms with Crippen molar-refractivity contribution >= 4 is 89.8 Å². The maximum Gasteiger partial charge on any atom is 0.490 e. The summed E-state index contributed by atoms with van der Waals surface area (Å²) in [6.45, 7) is 3.59. The molecule has 91 heavy (non-hydrogen) atoms. The minimum atomic E-state index is -5.79. The van der Waals surface area contributed by atoms with Gasteiger partial charge >= 0.3 is 39.3 Å². The van der Waals surface area contributed by atoms with Crippen LogP contribution in [0.25, 0.3) is 33.4 Å². The lowest BCUT2D eigenvalue weighted by molar-refractivity contribution is -0.498. The van der Waals surface area contributed by atoms with Gasteiger partial charge in [0.15, 0.2) is 11.3 Å². The molecule has 1 fully saturated rings. The van der Waals surface area contributed by atoms with Gasteiger partial charge in [-0.2, -0.15) is 22.0 Å². The summed E-state index contributed by atoms with van der Waals surface area (Å²) in [4.78, 5) is 107. The summed E-state index contributed by atoms with van der Waals surface area (Å²) in [5.74, 6) is 3.54. The Hall–Kier alpha value is -6.80. The van der Waals surface area contributed by atoms with E-state index in [4.69, 9.17) is 24.7 Å². The van der Waals surface area contributed by atoms with Gasteiger partial charge in [-0.25, -0.2) is 31.9 Å². The average Bonchev–Trinajstić information content (AvgIpc) is 1.16. The number of rotatable bonds is 32. The van der Waals surface area contributed by atoms with Crippen molar-refractivity contribution in [2.45, 2.75) is 113 Å². The second kappa shape index (κ2) is 32.2. The number of amides is 4. The fourth-order valence-electron chi connectivity index (χ4n) is 9.49. The SMILES string of the molecule is CCNc1cc(-c2ccccc2C(=O)N(C)CCCC(=O)NCCCCCC(=O)NCCCCCC(=O)NCC#Cc2cn([C@H]3C[C@H](O)[C@@H](COP(=O)(O)OP(=O)(O)OP(=O)(O)O)O3)c(=O)nc2N)c2cc3ccc(=[NH+]CC)c(S(=O)(=O)O)c-3oc2c1S(=O)(=O)[O-]. The van der Waals surface area contributed by atoms with Gasteiger partial charge in [0, 0.05) is 87.7 Å². The molecule has 2 unspecified atom stereocenters. The number of hydrogen-bond donors (Lipinski definition) is 12. The standard InChI is InChI=1S/C53H70N9O24P3S2/c1-4-55-39-23-22-33-28-38-37(29-40(56-5-2)50(91(79,80)81)48(38)84-47(33)49(39)90(76,77)78)35-17-10-11-18-36(35)52(67)61(3)27-15-21-45(66)58-25-13-6-8-19-43(64)57-24-12-7-9-20-44(65)59-26-14-16-34-31-62(53(68)60-51(34)54)46-30-41(63)42(83-46)32-82-88(72,73)86-89(74,75)85-87(69,70)71/h10-11,17-18,22-23,28-29,31,41-42,46,56,63H,4-9,12-13,15,19-21,24-27,30,32H2,1-3H3,(H,57,64)(H,58,66)(H,59,65)(H,72,73)(H,74,75)(H2,54,60,68)(H2,69,70,71)(H,76,77,78)(H,79,80,81)/t41-,42+,46+/m0/s1. The number of carbonyl (C=O) groups is 4. The molecule has 0 radical (unpaired) electrons. The molecule has 0 saturated carbocycles. The molecule has 33 nitrogen and oxygen atoms in total. The highest BCUT2D eigenvalue weighted by atomic mass is 32.2. The Morgan fingerprint density at radius 1 is 0.857 bits per heavy atom. The number of phosphoric ester groups is 1. The molecule has 1 saturated heterocycles. The van der Waals surface area contributed by atoms with Crippen LogP contribution in [0, 0.1) is 11.8 Å². The van der Waals surface area contributed by atoms with Crippen LogP contribution in [0.15, 0.2) is 73.7 Å². The molecule has 1 aromatic heterocycles. The molecule has 3 aromatic rings. The monoisotopic (exact) mass is 1370 g/mol. The molecule has 4 amide bonds. The van der Waals surface area contributed by atoms with Crippen molar-refractivity contribution in [3.05, 3.63) is 81.7 Å². The minimum Gasteiger partial charge on any atom is -0.744 e. The first-order valence-corrected chi connectivity index (χ1v) is 35.6. The van der Waals surface area contributed by atoms with E-state index in [1.54, 1.807) is 45.2 Å². The van der Waals surface area contributed by atoms with Crippen LogP contribution >= 0.6 is 23.5 Å². The first-order valence-electron chi connectivity index (χ1n) is 28.2. The van der Waals surface area contributed by atoms with Crippen molar-refractivity contribution < 1.29 is 111 Å². The highest BCUT2D eigenvalue weighted by molar-refractivity contribution is 7.86. The molecule has 6 rings (SSSR count). The number of nitrogens with two attached hydrogens (primary N) is 1. The summed E-state index contributed by atoms with van der Waals surface area (Å²) in [6, 6.07) is 12.2. The van der Waals surface area contributed by atoms with E-state index in [2.05, 4.69) is 56.2 Å². The smallest absolute Gasteiger partial charge is 0.490 e. The molecule has 38 heteroatoms. The molecule has 3 aliphatic rings. The van der Waals surface area contributed by atoms with Crippen molar-refractivity contribution in [3.8, 4) is 34.3 Å². The number of hydrogen-bond acceptors (Lipinski definition) is 22. The lowest BCUT2D eigenvalue weighted by atomic mass is 9.93. The summed E-state index contributed by atoms with van der Waals surface area (Å²) in [7, 11) is -25.7. The largest absolute Gasteiger partial charge is 0.744 e. The zero-order chi connectivity index (χ0) is 67.1. The fraction of sp³-hybridized carbons (Fsp3) is 0.453. The van der Waals surface area contributed by atoms with E-state index in [0.29, 0.717) is 63.6 Å². The summed E-state index contributed by atoms with van der Waals surface area (Å²) in [6.07, 6.45) is 1.21. The molecule has 13 N–H and O–H groups in total. The van der Waals surface area contributed by atoms with Gasteiger partial charge in [0.05, 0.1) is 30.5 Å². The predicted molar refractivity (Wildman–Crippen MR) is 321 cm³/mol. The minimum absolute atomic E-state index is 0.0289. The molecule has 0 spiro atoms. The number of nitrogen functional groups attached to an aromatic ring is 1. The molecule has 5 atom stereocenters. The fourth-order valence-corrected chi connectivity index (χ4v) is 14.1. The van der Waals surface area contributed by atoms with Crippen LogP contribution in [-0.4, -0.2) is 154 Å². The van der Waals surface area contributed by atoms with E-state index < -0.39 is 101 Å². The van der Waals surface area contributed by atoms with Crippen molar-refractivity contribution in [3.63, 3.8) is 0 Å². The van der Waals surface area contributed by atoms with Gasteiger partial charge in [-0.3, -0.25) is 32.8 Å². The number of anilines is 2. The zero-order valence-corrected chi connectivity index (χ0v) is 53.6. The van der Waals surface area contributed by atoms with E-state index >= 15 is 0 Å². The van der Waals surface area contributed by atoms with Crippen molar-refractivity contribution in [1.29, 1.82) is 0 Å². The number of aliphatic hydroxyl groups excluding tert-OH is 1. The first kappa shape index (κ1) is 73.3. The molecule has 2 aromatic carbocycles. The maximum atomic E-state index is 14.1. The number of aliphatic hydroxyl groups is 1. The number of fused-ring (bicyclic) bond motifs is 2. The Bertz CT molecular complexity index is 4060. The van der Waals surface area contributed by atoms with Crippen LogP contribution in [0.3, 0.4) is 0 Å². The van der Waals surface area contributed by atoms with Crippen molar-refractivity contribution in [2.24, 2.45) is 0 Å². The van der Waals surface area contributed by atoms with Gasteiger partial charge < -0.3 is 70.3 Å². The van der Waals surface area contributed by atoms with Crippen LogP contribution in [0.4, 0.5) is 11.5 Å². The maximum absolute atomic E-state index is 14.1. The third-order valence-electron chi connectivity index (χ3n) is 13.6. The van der Waals surface area contributed by atoms with Crippen molar-refractivity contribution in [1.82, 2.24) is 30.4 Å². The summed E-state index contributed by atoms with van der Waals surface area (Å²) in [5.41, 5.74) is 5.18. The molecule has 1 aliphatic carbocycles. The van der Waals surface area contributed by atoms with Gasteiger partial charge in [0.2, 0.25) is 28.0 Å². The lowest BCUT2D eigenvalue weighted by Crippen LogP contribution is -2.76. The normalized spacial score (nSPS) is 16.8. The summed E-state index contributed by atoms with van der Waals surface area (Å²) < 4.78 is 133. The number of nitrogens with zero attached hydrogens (tertiary/aromatic N) is 3. The third-order valence-corrected chi connectivity index (χ3v) is 19.2. The Kier molecular flexibility index (Phi) is 25.9. The van der Waals surface area contributed by atoms with Gasteiger partial charge in [-0.15, -0.1) is 0 Å². The molecular formula is C53H70N9O24P3S2. The lowest BCUT2D eigenvalue weighted by Gasteiger charge is -2.22. The Balaban J connectivity index is 0.871. The van der Waals surface area contributed by atoms with Crippen LogP contribution in [-0.2, 0) is 66.2 Å². The highest BCUT2D eigenvalue weighted by Crippen LogP contribution is 2.66. The summed E-state index contributed by atoms with van der Waals surface area (Å²) in [5, 5.41) is 21.7. The Labute approximate surface area is 521 Å². The topological polar surface area (TPSA) is 509 Å². The van der Waals surface area contributed by atoms with E-state index in [0.717, 1.165) is 4.57 Å². The van der Waals surface area contributed by atoms with Gasteiger partial charge in [-0.1, -0.05) is 42.9 Å². The quantitative estimate of drug-likeness (QED) is 0.00949. The Morgan fingerprint density at radius 2 is 1.49 bits per heavy atom. The summed E-state index contributed by atoms with van der Waals surface area (Å²) >= 11 is 0. The molecule has 3 heterocycles. The van der Waals surface area contributed by atoms with Gasteiger partial charge in [0.25, 0.3) is 5.91 Å². The second-order valence-corrected chi connectivity index (χ2v) is 27.6. The molecule has 0 bridgehead atoms. The predicted octanol–water partition coefficient (Wildman–Crippen LogP) is 1.29. The van der Waals surface area contributed by atoms with Crippen molar-refractivity contribution in [2.75, 3.05) is 64.0 Å². The van der Waals surface area contributed by atoms with Crippen LogP contribution < -0.4 is 43.0 Å². The first-order chi connectivity index (χ1) is 42.7. The number of carbonyl (C=O) groups excluding carboxylic acids is 4. The third kappa shape index (κ3) is 21.4. The Morgan fingerprint density at radius 3 is 2.11 bits per heavy atom. The zero-order valence-electron chi connectivity index (χ0n) is 49.3. The van der Waals surface area contributed by atoms with E-state index in [1.807, 2.05) is 0 Å². The van der Waals surface area contributed by atoms with E-state index in [1.165, 1.54) is 35.4 Å². The second-order valence-electron chi connectivity index (χ2n) is 20.5. The van der Waals surface area contributed by atoms with E-state index in [-0.39, 0.29) is 114 Å². The number of nitrogens with one attached hydrogen (secondary N) is 5. The average molecular weight is 1370 g/mol. The number of aromatic nitrogens is 2. The van der Waals surface area contributed by atoms with Crippen LogP contribution in [0.5, 0.6) is 0 Å². The van der Waals surface area contributed by atoms with E-state index in [9.17, 15) is 78.5 Å². The number of unbranched alkanes of at least 4 members (excludes halogenated alkanes) is 4. The van der Waals surface area contributed by atoms with Crippen LogP contribution in [0.1, 0.15) is 107 Å². The number of phosphoric acid groups is 3. The number of benzene rings is 3. The molecular weight excluding hydrogens is 1300 g/mol. The highest BCUT2D eigenvalue weighted by Gasteiger charge is 2.43. The van der Waals surface area contributed by atoms with Gasteiger partial charge in [0.1, 0.15) is 39.7 Å². The van der Waals surface area contributed by atoms with Gasteiger partial charge in [-0.05, 0) is 81.3 Å².